The van der Waals surface area contributed by atoms with Gasteiger partial charge in [0.15, 0.2) is 0 Å². The molecule has 1 aromatic carbocycles. The van der Waals surface area contributed by atoms with E-state index in [2.05, 4.69) is 9.80 Å². The van der Waals surface area contributed by atoms with Crippen molar-refractivity contribution in [2.24, 2.45) is 17.6 Å². The Morgan fingerprint density at radius 2 is 1.85 bits per heavy atom. The van der Waals surface area contributed by atoms with Gasteiger partial charge in [-0.25, -0.2) is 4.39 Å². The summed E-state index contributed by atoms with van der Waals surface area (Å²) in [4.78, 5) is 16.1. The van der Waals surface area contributed by atoms with Crippen LogP contribution < -0.4 is 10.6 Å². The smallest absolute Gasteiger partial charge is 0.246 e. The molecule has 1 aliphatic carbocycles. The van der Waals surface area contributed by atoms with Crippen molar-refractivity contribution < 1.29 is 13.9 Å². The Kier molecular flexibility index (Phi) is 7.07. The predicted octanol–water partition coefficient (Wildman–Crippen LogP) is 2.64. The fourth-order valence-corrected chi connectivity index (χ4v) is 4.61. The molecule has 150 valence electrons. The molecule has 3 rings (SSSR count). The first-order valence-electron chi connectivity index (χ1n) is 10.1. The number of nitrogens with two attached hydrogens (primary N) is 1. The topological polar surface area (TPSA) is 58.8 Å². The number of piperazine rings is 1. The number of carbonyl (C=O) groups excluding carboxylic acids is 1. The van der Waals surface area contributed by atoms with Crippen molar-refractivity contribution in [1.82, 2.24) is 4.90 Å². The van der Waals surface area contributed by atoms with E-state index >= 15 is 0 Å². The van der Waals surface area contributed by atoms with Crippen LogP contribution in [0.1, 0.15) is 32.1 Å². The number of carbonyl (C=O) groups is 1. The second kappa shape index (κ2) is 9.51. The first kappa shape index (κ1) is 20.1. The first-order valence-corrected chi connectivity index (χ1v) is 10.1. The minimum atomic E-state index is -0.433. The molecule has 5 nitrogen and oxygen atoms in total. The number of rotatable bonds is 7. The van der Waals surface area contributed by atoms with Crippen LogP contribution in [0.15, 0.2) is 24.3 Å². The van der Waals surface area contributed by atoms with Crippen molar-refractivity contribution in [2.75, 3.05) is 44.7 Å². The SMILES string of the molecule is COC(C(N)=O)C1CCC(CCN2CCN(c3ccccc3F)CC2)CC1. The van der Waals surface area contributed by atoms with Gasteiger partial charge in [0.25, 0.3) is 0 Å². The number of hydrogen-bond donors (Lipinski definition) is 1. The third-order valence-corrected chi connectivity index (χ3v) is 6.27. The Morgan fingerprint density at radius 3 is 2.44 bits per heavy atom. The molecule has 2 N–H and O–H groups in total. The molecule has 1 aromatic rings. The van der Waals surface area contributed by atoms with Gasteiger partial charge in [-0.1, -0.05) is 25.0 Å². The third kappa shape index (κ3) is 5.20. The van der Waals surface area contributed by atoms with E-state index in [1.165, 1.54) is 12.5 Å². The fraction of sp³-hybridized carbons (Fsp3) is 0.667. The number of halogens is 1. The molecule has 1 aliphatic heterocycles. The second-order valence-corrected chi connectivity index (χ2v) is 7.91. The van der Waals surface area contributed by atoms with Crippen molar-refractivity contribution in [3.05, 3.63) is 30.1 Å². The van der Waals surface area contributed by atoms with Crippen molar-refractivity contribution >= 4 is 11.6 Å². The summed E-state index contributed by atoms with van der Waals surface area (Å²) < 4.78 is 19.2. The molecule has 0 aromatic heterocycles. The third-order valence-electron chi connectivity index (χ3n) is 6.27. The monoisotopic (exact) mass is 377 g/mol. The van der Waals surface area contributed by atoms with Gasteiger partial charge >= 0.3 is 0 Å². The maximum Gasteiger partial charge on any atom is 0.246 e. The summed E-state index contributed by atoms with van der Waals surface area (Å²) in [7, 11) is 1.57. The van der Waals surface area contributed by atoms with Crippen LogP contribution in [0.5, 0.6) is 0 Å². The number of anilines is 1. The Labute approximate surface area is 161 Å². The molecule has 1 saturated heterocycles. The summed E-state index contributed by atoms with van der Waals surface area (Å²) in [6, 6.07) is 7.03. The van der Waals surface area contributed by atoms with Crippen LogP contribution in [0.4, 0.5) is 10.1 Å². The maximum absolute atomic E-state index is 13.9. The molecule has 6 heteroatoms. The molecule has 1 amide bonds. The summed E-state index contributed by atoms with van der Waals surface area (Å²) in [5.74, 6) is 0.519. The van der Waals surface area contributed by atoms with Crippen LogP contribution >= 0.6 is 0 Å². The highest BCUT2D eigenvalue weighted by Gasteiger charge is 2.31. The number of hydrogen-bond acceptors (Lipinski definition) is 4. The Bertz CT molecular complexity index is 611. The molecule has 0 bridgehead atoms. The Balaban J connectivity index is 1.38. The van der Waals surface area contributed by atoms with Gasteiger partial charge in [-0.05, 0) is 49.8 Å². The molecular formula is C21H32FN3O2. The molecule has 1 saturated carbocycles. The van der Waals surface area contributed by atoms with E-state index in [1.807, 2.05) is 12.1 Å². The number of primary amides is 1. The molecular weight excluding hydrogens is 345 g/mol. The van der Waals surface area contributed by atoms with Gasteiger partial charge in [-0.2, -0.15) is 0 Å². The van der Waals surface area contributed by atoms with Crippen molar-refractivity contribution in [1.29, 1.82) is 0 Å². The minimum absolute atomic E-state index is 0.131. The van der Waals surface area contributed by atoms with E-state index in [0.29, 0.717) is 0 Å². The number of ether oxygens (including phenoxy) is 1. The molecule has 1 unspecified atom stereocenters. The quantitative estimate of drug-likeness (QED) is 0.794. The second-order valence-electron chi connectivity index (χ2n) is 7.91. The fourth-order valence-electron chi connectivity index (χ4n) is 4.61. The van der Waals surface area contributed by atoms with Crippen LogP contribution in [-0.2, 0) is 9.53 Å². The van der Waals surface area contributed by atoms with Crippen LogP contribution in [0.25, 0.3) is 0 Å². The van der Waals surface area contributed by atoms with E-state index in [-0.39, 0.29) is 17.6 Å². The normalized spacial score (nSPS) is 25.3. The number of nitrogens with zero attached hydrogens (tertiary/aromatic N) is 2. The van der Waals surface area contributed by atoms with E-state index in [1.54, 1.807) is 13.2 Å². The summed E-state index contributed by atoms with van der Waals surface area (Å²) in [5.41, 5.74) is 6.15. The number of para-hydroxylation sites is 1. The molecule has 0 radical (unpaired) electrons. The van der Waals surface area contributed by atoms with E-state index < -0.39 is 6.10 Å². The van der Waals surface area contributed by atoms with Crippen molar-refractivity contribution in [3.63, 3.8) is 0 Å². The number of methoxy groups -OCH3 is 1. The molecule has 1 heterocycles. The minimum Gasteiger partial charge on any atom is -0.371 e. The first-order chi connectivity index (χ1) is 13.1. The summed E-state index contributed by atoms with van der Waals surface area (Å²) in [6.45, 7) is 4.82. The molecule has 2 fully saturated rings. The molecule has 0 spiro atoms. The van der Waals surface area contributed by atoms with Gasteiger partial charge in [0, 0.05) is 33.3 Å². The highest BCUT2D eigenvalue weighted by Crippen LogP contribution is 2.33. The number of benzene rings is 1. The average Bonchev–Trinajstić information content (AvgIpc) is 2.68. The Hall–Kier alpha value is -1.66. The van der Waals surface area contributed by atoms with Crippen molar-refractivity contribution in [2.45, 2.75) is 38.2 Å². The van der Waals surface area contributed by atoms with Gasteiger partial charge in [0.05, 0.1) is 5.69 Å². The van der Waals surface area contributed by atoms with Gasteiger partial charge in [-0.3, -0.25) is 9.69 Å². The molecule has 2 aliphatic rings. The van der Waals surface area contributed by atoms with E-state index in [0.717, 1.165) is 70.0 Å². The van der Waals surface area contributed by atoms with Gasteiger partial charge in [0.1, 0.15) is 11.9 Å². The lowest BCUT2D eigenvalue weighted by atomic mass is 9.78. The number of amides is 1. The van der Waals surface area contributed by atoms with Crippen molar-refractivity contribution in [3.8, 4) is 0 Å². The molecule has 27 heavy (non-hydrogen) atoms. The highest BCUT2D eigenvalue weighted by molar-refractivity contribution is 5.79. The Morgan fingerprint density at radius 1 is 1.19 bits per heavy atom. The summed E-state index contributed by atoms with van der Waals surface area (Å²) in [5, 5.41) is 0. The highest BCUT2D eigenvalue weighted by atomic mass is 19.1. The van der Waals surface area contributed by atoms with Crippen LogP contribution in [0, 0.1) is 17.7 Å². The lowest BCUT2D eigenvalue weighted by Gasteiger charge is -2.37. The van der Waals surface area contributed by atoms with Gasteiger partial charge in [0.2, 0.25) is 5.91 Å². The maximum atomic E-state index is 13.9. The van der Waals surface area contributed by atoms with E-state index in [4.69, 9.17) is 10.5 Å². The largest absolute Gasteiger partial charge is 0.371 e. The zero-order chi connectivity index (χ0) is 19.2. The zero-order valence-corrected chi connectivity index (χ0v) is 16.3. The molecule has 1 atom stereocenters. The van der Waals surface area contributed by atoms with Crippen LogP contribution in [0.3, 0.4) is 0 Å². The lowest BCUT2D eigenvalue weighted by molar-refractivity contribution is -0.131. The summed E-state index contributed by atoms with van der Waals surface area (Å²) >= 11 is 0. The average molecular weight is 378 g/mol. The van der Waals surface area contributed by atoms with Gasteiger partial charge in [-0.15, -0.1) is 0 Å². The summed E-state index contributed by atoms with van der Waals surface area (Å²) in [6.07, 6.45) is 5.10. The van der Waals surface area contributed by atoms with Crippen LogP contribution in [0.2, 0.25) is 0 Å². The van der Waals surface area contributed by atoms with Gasteiger partial charge < -0.3 is 15.4 Å². The standard InChI is InChI=1S/C21H32FN3O2/c1-27-20(21(23)26)17-8-6-16(7-9-17)10-11-24-12-14-25(15-13-24)19-5-3-2-4-18(19)22/h2-5,16-17,20H,6-15H2,1H3,(H2,23,26). The predicted molar refractivity (Wildman–Crippen MR) is 105 cm³/mol. The van der Waals surface area contributed by atoms with Crippen LogP contribution in [-0.4, -0.2) is 56.7 Å². The lowest BCUT2D eigenvalue weighted by Crippen LogP contribution is -2.47. The van der Waals surface area contributed by atoms with E-state index in [9.17, 15) is 9.18 Å². The zero-order valence-electron chi connectivity index (χ0n) is 16.3.